The number of hydrogen-bond acceptors (Lipinski definition) is 5. The first-order valence-corrected chi connectivity index (χ1v) is 10.3. The Morgan fingerprint density at radius 1 is 1.14 bits per heavy atom. The first-order valence-electron chi connectivity index (χ1n) is 9.15. The van der Waals surface area contributed by atoms with Gasteiger partial charge in [-0.25, -0.2) is 4.98 Å². The zero-order valence-electron chi connectivity index (χ0n) is 15.5. The number of aliphatic hydroxyl groups excluding tert-OH is 1. The number of fused-ring (bicyclic) bond motifs is 1. The third-order valence-electron chi connectivity index (χ3n) is 4.51. The molecular weight excluding hydrogens is 408 g/mol. The van der Waals surface area contributed by atoms with Crippen molar-refractivity contribution in [1.29, 1.82) is 0 Å². The fraction of sp³-hybridized carbons (Fsp3) is 0.182. The predicted octanol–water partition coefficient (Wildman–Crippen LogP) is 4.36. The summed E-state index contributed by atoms with van der Waals surface area (Å²) in [7, 11) is 0. The van der Waals surface area contributed by atoms with Crippen molar-refractivity contribution >= 4 is 33.2 Å². The average molecular weight is 427 g/mol. The molecule has 1 atom stereocenters. The van der Waals surface area contributed by atoms with E-state index in [0.29, 0.717) is 21.8 Å². The van der Waals surface area contributed by atoms with Crippen LogP contribution in [0.25, 0.3) is 20.7 Å². The van der Waals surface area contributed by atoms with Crippen LogP contribution in [0.5, 0.6) is 0 Å². The van der Waals surface area contributed by atoms with Gasteiger partial charge < -0.3 is 9.84 Å². The summed E-state index contributed by atoms with van der Waals surface area (Å²) in [4.78, 5) is 18.9. The fourth-order valence-corrected chi connectivity index (χ4v) is 4.22. The van der Waals surface area contributed by atoms with E-state index in [9.17, 15) is 9.90 Å². The van der Waals surface area contributed by atoms with Gasteiger partial charge in [0.15, 0.2) is 0 Å². The van der Waals surface area contributed by atoms with Crippen LogP contribution in [0.1, 0.15) is 5.56 Å². The Balaban J connectivity index is 1.44. The van der Waals surface area contributed by atoms with Crippen molar-refractivity contribution in [2.75, 3.05) is 6.61 Å². The lowest BCUT2D eigenvalue weighted by Crippen LogP contribution is -2.29. The molecule has 1 unspecified atom stereocenters. The largest absolute Gasteiger partial charge is 0.389 e. The number of halogens is 1. The minimum absolute atomic E-state index is 0.0919. The number of hydrogen-bond donors (Lipinski definition) is 1. The predicted molar refractivity (Wildman–Crippen MR) is 116 cm³/mol. The Hall–Kier alpha value is -2.51. The highest BCUT2D eigenvalue weighted by Crippen LogP contribution is 2.30. The molecule has 0 amide bonds. The Labute approximate surface area is 176 Å². The SMILES string of the molecule is O=c1c2cc(-c3ccccc3)sc2ncn1CC(O)COCc1ccccc1Cl. The number of aliphatic hydroxyl groups is 1. The number of benzene rings is 2. The molecule has 0 radical (unpaired) electrons. The van der Waals surface area contributed by atoms with Crippen molar-refractivity contribution in [2.45, 2.75) is 19.3 Å². The number of nitrogens with zero attached hydrogens (tertiary/aromatic N) is 2. The van der Waals surface area contributed by atoms with Crippen molar-refractivity contribution in [3.63, 3.8) is 0 Å². The van der Waals surface area contributed by atoms with E-state index in [1.54, 1.807) is 6.07 Å². The maximum absolute atomic E-state index is 12.8. The molecule has 4 rings (SSSR count). The molecule has 0 aliphatic rings. The van der Waals surface area contributed by atoms with E-state index in [-0.39, 0.29) is 18.7 Å². The third kappa shape index (κ3) is 4.57. The quantitative estimate of drug-likeness (QED) is 0.477. The second-order valence-electron chi connectivity index (χ2n) is 6.66. The van der Waals surface area contributed by atoms with E-state index >= 15 is 0 Å². The van der Waals surface area contributed by atoms with E-state index in [0.717, 1.165) is 16.0 Å². The number of thiophene rings is 1. The van der Waals surface area contributed by atoms with Crippen LogP contribution in [-0.4, -0.2) is 27.4 Å². The molecule has 4 aromatic rings. The van der Waals surface area contributed by atoms with Crippen LogP contribution in [0.2, 0.25) is 5.02 Å². The first-order chi connectivity index (χ1) is 14.1. The van der Waals surface area contributed by atoms with Crippen LogP contribution in [0.15, 0.2) is 71.8 Å². The van der Waals surface area contributed by atoms with Crippen LogP contribution in [-0.2, 0) is 17.9 Å². The summed E-state index contributed by atoms with van der Waals surface area (Å²) >= 11 is 7.58. The van der Waals surface area contributed by atoms with Crippen molar-refractivity contribution in [2.24, 2.45) is 0 Å². The molecule has 29 heavy (non-hydrogen) atoms. The first kappa shape index (κ1) is 19.8. The van der Waals surface area contributed by atoms with Crippen LogP contribution in [0, 0.1) is 0 Å². The monoisotopic (exact) mass is 426 g/mol. The molecule has 2 aromatic heterocycles. The van der Waals surface area contributed by atoms with E-state index in [1.807, 2.05) is 54.6 Å². The van der Waals surface area contributed by atoms with Crippen molar-refractivity contribution in [1.82, 2.24) is 9.55 Å². The second-order valence-corrected chi connectivity index (χ2v) is 8.10. The zero-order chi connectivity index (χ0) is 20.2. The van der Waals surface area contributed by atoms with E-state index < -0.39 is 6.10 Å². The van der Waals surface area contributed by atoms with Gasteiger partial charge in [0.1, 0.15) is 4.83 Å². The Bertz CT molecular complexity index is 1170. The zero-order valence-corrected chi connectivity index (χ0v) is 17.1. The van der Waals surface area contributed by atoms with Gasteiger partial charge >= 0.3 is 0 Å². The summed E-state index contributed by atoms with van der Waals surface area (Å²) in [6.07, 6.45) is 0.648. The number of rotatable bonds is 7. The van der Waals surface area contributed by atoms with Crippen molar-refractivity contribution < 1.29 is 9.84 Å². The normalized spacial score (nSPS) is 12.3. The Morgan fingerprint density at radius 3 is 2.69 bits per heavy atom. The lowest BCUT2D eigenvalue weighted by molar-refractivity contribution is 0.0199. The molecule has 0 saturated carbocycles. The number of aromatic nitrogens is 2. The molecule has 1 N–H and O–H groups in total. The van der Waals surface area contributed by atoms with E-state index in [4.69, 9.17) is 16.3 Å². The van der Waals surface area contributed by atoms with Crippen LogP contribution in [0.3, 0.4) is 0 Å². The van der Waals surface area contributed by atoms with Gasteiger partial charge in [-0.15, -0.1) is 11.3 Å². The highest BCUT2D eigenvalue weighted by Gasteiger charge is 2.13. The third-order valence-corrected chi connectivity index (χ3v) is 5.97. The highest BCUT2D eigenvalue weighted by molar-refractivity contribution is 7.21. The fourth-order valence-electron chi connectivity index (χ4n) is 3.03. The smallest absolute Gasteiger partial charge is 0.262 e. The lowest BCUT2D eigenvalue weighted by atomic mass is 10.2. The van der Waals surface area contributed by atoms with Crippen LogP contribution < -0.4 is 5.56 Å². The average Bonchev–Trinajstić information content (AvgIpc) is 3.17. The molecule has 0 aliphatic carbocycles. The summed E-state index contributed by atoms with van der Waals surface area (Å²) in [6, 6.07) is 19.1. The molecule has 2 heterocycles. The van der Waals surface area contributed by atoms with Crippen LogP contribution >= 0.6 is 22.9 Å². The maximum Gasteiger partial charge on any atom is 0.262 e. The Kier molecular flexibility index (Phi) is 6.06. The maximum atomic E-state index is 12.8. The molecule has 0 saturated heterocycles. The van der Waals surface area contributed by atoms with Crippen LogP contribution in [0.4, 0.5) is 0 Å². The summed E-state index contributed by atoms with van der Waals surface area (Å²) in [6.45, 7) is 0.503. The molecule has 0 bridgehead atoms. The minimum atomic E-state index is -0.832. The van der Waals surface area contributed by atoms with E-state index in [2.05, 4.69) is 4.98 Å². The molecule has 7 heteroatoms. The molecule has 148 valence electrons. The van der Waals surface area contributed by atoms with Crippen molar-refractivity contribution in [3.05, 3.63) is 87.9 Å². The van der Waals surface area contributed by atoms with Gasteiger partial charge in [-0.2, -0.15) is 0 Å². The van der Waals surface area contributed by atoms with Gasteiger partial charge in [0.25, 0.3) is 5.56 Å². The lowest BCUT2D eigenvalue weighted by Gasteiger charge is -2.13. The highest BCUT2D eigenvalue weighted by atomic mass is 35.5. The van der Waals surface area contributed by atoms with Gasteiger partial charge in [0.2, 0.25) is 0 Å². The van der Waals surface area contributed by atoms with Gasteiger partial charge in [-0.05, 0) is 23.3 Å². The number of ether oxygens (including phenoxy) is 1. The molecule has 5 nitrogen and oxygen atoms in total. The van der Waals surface area contributed by atoms with Gasteiger partial charge in [0, 0.05) is 9.90 Å². The summed E-state index contributed by atoms with van der Waals surface area (Å²) in [5.74, 6) is 0. The van der Waals surface area contributed by atoms with E-state index in [1.165, 1.54) is 22.2 Å². The molecule has 0 fully saturated rings. The molecular formula is C22H19ClN2O3S. The molecule has 0 spiro atoms. The van der Waals surface area contributed by atoms with Gasteiger partial charge in [-0.3, -0.25) is 9.36 Å². The molecule has 2 aromatic carbocycles. The minimum Gasteiger partial charge on any atom is -0.389 e. The Morgan fingerprint density at radius 2 is 1.90 bits per heavy atom. The summed E-state index contributed by atoms with van der Waals surface area (Å²) in [5.41, 5.74) is 1.74. The van der Waals surface area contributed by atoms with Crippen molar-refractivity contribution in [3.8, 4) is 10.4 Å². The van der Waals surface area contributed by atoms with Gasteiger partial charge in [0.05, 0.1) is 37.6 Å². The standard InChI is InChI=1S/C22H19ClN2O3S/c23-19-9-5-4-8-16(19)12-28-13-17(26)11-25-14-24-21-18(22(25)27)10-20(29-21)15-6-2-1-3-7-15/h1-10,14,17,26H,11-13H2. The topological polar surface area (TPSA) is 64.4 Å². The summed E-state index contributed by atoms with van der Waals surface area (Å²) in [5, 5.41) is 11.5. The molecule has 0 aliphatic heterocycles. The second kappa shape index (κ2) is 8.88. The summed E-state index contributed by atoms with van der Waals surface area (Å²) < 4.78 is 6.98. The van der Waals surface area contributed by atoms with Gasteiger partial charge in [-0.1, -0.05) is 60.1 Å².